The van der Waals surface area contributed by atoms with Crippen LogP contribution in [-0.4, -0.2) is 35.0 Å². The van der Waals surface area contributed by atoms with E-state index in [4.69, 9.17) is 4.74 Å². The molecule has 3 aliphatic rings. The quantitative estimate of drug-likeness (QED) is 0.793. The van der Waals surface area contributed by atoms with Gasteiger partial charge in [0.2, 0.25) is 0 Å². The highest BCUT2D eigenvalue weighted by molar-refractivity contribution is 5.89. The predicted molar refractivity (Wildman–Crippen MR) is 92.8 cm³/mol. The molecule has 4 nitrogen and oxygen atoms in total. The second-order valence-corrected chi connectivity index (χ2v) is 7.87. The number of ether oxygens (including phenoxy) is 1. The average Bonchev–Trinajstić information content (AvgIpc) is 2.60. The minimum absolute atomic E-state index is 0.255. The van der Waals surface area contributed by atoms with Gasteiger partial charge in [0.15, 0.2) is 0 Å². The predicted octanol–water partition coefficient (Wildman–Crippen LogP) is 3.73. The van der Waals surface area contributed by atoms with Crippen LogP contribution >= 0.6 is 0 Å². The van der Waals surface area contributed by atoms with Crippen LogP contribution in [0.5, 0.6) is 0 Å². The van der Waals surface area contributed by atoms with Gasteiger partial charge in [-0.25, -0.2) is 4.79 Å². The van der Waals surface area contributed by atoms with Crippen LogP contribution in [0.3, 0.4) is 0 Å². The summed E-state index contributed by atoms with van der Waals surface area (Å²) in [5.41, 5.74) is 3.66. The van der Waals surface area contributed by atoms with Crippen LogP contribution in [0, 0.1) is 5.41 Å². The van der Waals surface area contributed by atoms with Gasteiger partial charge in [0.05, 0.1) is 17.9 Å². The van der Waals surface area contributed by atoms with Gasteiger partial charge in [-0.05, 0) is 62.5 Å². The molecule has 0 saturated heterocycles. The zero-order valence-corrected chi connectivity index (χ0v) is 14.7. The first-order valence-corrected chi connectivity index (χ1v) is 9.58. The standard InChI is InChI=1S/C20H28N2O2/c1-2-24-19(23)16-11-15-6-10-22(14-18(15)21-13-16)17-5-3-7-20(12-17)8-4-9-20/h11,13,17H,2-10,12,14H2,1H3/t17-/m0/s1. The molecule has 4 rings (SSSR count). The summed E-state index contributed by atoms with van der Waals surface area (Å²) in [4.78, 5) is 19.1. The van der Waals surface area contributed by atoms with Gasteiger partial charge in [0.25, 0.3) is 0 Å². The van der Waals surface area contributed by atoms with Gasteiger partial charge in [-0.3, -0.25) is 9.88 Å². The SMILES string of the molecule is CCOC(=O)c1cnc2c(c1)CCN([C@H]1CCCC3(CCC3)C1)C2. The summed E-state index contributed by atoms with van der Waals surface area (Å²) in [6.45, 7) is 4.29. The second-order valence-electron chi connectivity index (χ2n) is 7.87. The lowest BCUT2D eigenvalue weighted by molar-refractivity contribution is 0.0115. The molecule has 0 unspecified atom stereocenters. The van der Waals surface area contributed by atoms with E-state index in [1.165, 1.54) is 50.5 Å². The molecule has 4 heteroatoms. The van der Waals surface area contributed by atoms with Crippen molar-refractivity contribution < 1.29 is 9.53 Å². The van der Waals surface area contributed by atoms with Crippen molar-refractivity contribution in [2.75, 3.05) is 13.2 Å². The molecule has 1 aromatic heterocycles. The molecule has 2 fully saturated rings. The van der Waals surface area contributed by atoms with E-state index in [1.807, 2.05) is 13.0 Å². The highest BCUT2D eigenvalue weighted by atomic mass is 16.5. The third-order valence-electron chi connectivity index (χ3n) is 6.44. The minimum atomic E-state index is -0.255. The van der Waals surface area contributed by atoms with Gasteiger partial charge >= 0.3 is 5.97 Å². The maximum Gasteiger partial charge on any atom is 0.339 e. The third-order valence-corrected chi connectivity index (χ3v) is 6.44. The molecule has 2 heterocycles. The lowest BCUT2D eigenvalue weighted by atomic mass is 9.59. The molecule has 0 bridgehead atoms. The molecule has 0 aromatic carbocycles. The van der Waals surface area contributed by atoms with E-state index >= 15 is 0 Å². The molecule has 1 aromatic rings. The van der Waals surface area contributed by atoms with Gasteiger partial charge in [-0.1, -0.05) is 12.8 Å². The molecule has 2 aliphatic carbocycles. The van der Waals surface area contributed by atoms with Crippen molar-refractivity contribution in [3.63, 3.8) is 0 Å². The first-order chi connectivity index (χ1) is 11.7. The van der Waals surface area contributed by atoms with Crippen LogP contribution in [0.2, 0.25) is 0 Å². The molecule has 0 radical (unpaired) electrons. The van der Waals surface area contributed by atoms with E-state index in [9.17, 15) is 4.79 Å². The number of esters is 1. The topological polar surface area (TPSA) is 42.4 Å². The summed E-state index contributed by atoms with van der Waals surface area (Å²) in [7, 11) is 0. The van der Waals surface area contributed by atoms with Crippen LogP contribution in [0.25, 0.3) is 0 Å². The lowest BCUT2D eigenvalue weighted by Crippen LogP contribution is -2.47. The van der Waals surface area contributed by atoms with E-state index in [0.29, 0.717) is 17.6 Å². The number of hydrogen-bond donors (Lipinski definition) is 0. The largest absolute Gasteiger partial charge is 0.462 e. The summed E-state index contributed by atoms with van der Waals surface area (Å²) in [5.74, 6) is -0.255. The monoisotopic (exact) mass is 328 g/mol. The average molecular weight is 328 g/mol. The fourth-order valence-corrected chi connectivity index (χ4v) is 4.93. The Hall–Kier alpha value is -1.42. The number of hydrogen-bond acceptors (Lipinski definition) is 4. The van der Waals surface area contributed by atoms with Crippen LogP contribution in [0.15, 0.2) is 12.3 Å². The third kappa shape index (κ3) is 2.97. The Morgan fingerprint density at radius 3 is 2.96 bits per heavy atom. The molecule has 1 aliphatic heterocycles. The number of nitrogens with zero attached hydrogens (tertiary/aromatic N) is 2. The van der Waals surface area contributed by atoms with Crippen LogP contribution in [-0.2, 0) is 17.7 Å². The van der Waals surface area contributed by atoms with Gasteiger partial charge in [-0.2, -0.15) is 0 Å². The Bertz CT molecular complexity index is 624. The fraction of sp³-hybridized carbons (Fsp3) is 0.700. The molecule has 2 saturated carbocycles. The highest BCUT2D eigenvalue weighted by Crippen LogP contribution is 2.52. The lowest BCUT2D eigenvalue weighted by Gasteiger charge is -2.50. The Morgan fingerprint density at radius 2 is 2.21 bits per heavy atom. The summed E-state index contributed by atoms with van der Waals surface area (Å²) in [5, 5.41) is 0. The molecule has 0 N–H and O–H groups in total. The Labute approximate surface area is 144 Å². The van der Waals surface area contributed by atoms with Crippen molar-refractivity contribution in [2.45, 2.75) is 70.9 Å². The molecular formula is C20H28N2O2. The van der Waals surface area contributed by atoms with Crippen LogP contribution in [0.4, 0.5) is 0 Å². The maximum atomic E-state index is 11.9. The number of carbonyl (C=O) groups excluding carboxylic acids is 1. The van der Waals surface area contributed by atoms with E-state index in [1.54, 1.807) is 6.20 Å². The molecule has 130 valence electrons. The Balaban J connectivity index is 1.45. The minimum Gasteiger partial charge on any atom is -0.462 e. The van der Waals surface area contributed by atoms with Crippen molar-refractivity contribution in [3.8, 4) is 0 Å². The summed E-state index contributed by atoms with van der Waals surface area (Å²) in [6.07, 6.45) is 12.6. The molecule has 24 heavy (non-hydrogen) atoms. The van der Waals surface area contributed by atoms with E-state index in [-0.39, 0.29) is 5.97 Å². The molecular weight excluding hydrogens is 300 g/mol. The van der Waals surface area contributed by atoms with Gasteiger partial charge in [-0.15, -0.1) is 0 Å². The number of aromatic nitrogens is 1. The van der Waals surface area contributed by atoms with E-state index in [2.05, 4.69) is 9.88 Å². The number of fused-ring (bicyclic) bond motifs is 1. The van der Waals surface area contributed by atoms with Crippen molar-refractivity contribution in [2.24, 2.45) is 5.41 Å². The first-order valence-electron chi connectivity index (χ1n) is 9.58. The highest BCUT2D eigenvalue weighted by Gasteiger charge is 2.42. The Morgan fingerprint density at radius 1 is 1.38 bits per heavy atom. The van der Waals surface area contributed by atoms with Crippen LogP contribution < -0.4 is 0 Å². The number of pyridine rings is 1. The smallest absolute Gasteiger partial charge is 0.339 e. The van der Waals surface area contributed by atoms with E-state index in [0.717, 1.165) is 31.2 Å². The fourth-order valence-electron chi connectivity index (χ4n) is 4.93. The maximum absolute atomic E-state index is 11.9. The van der Waals surface area contributed by atoms with Crippen molar-refractivity contribution in [1.82, 2.24) is 9.88 Å². The second kappa shape index (κ2) is 6.47. The first kappa shape index (κ1) is 16.1. The Kier molecular flexibility index (Phi) is 4.33. The zero-order chi connectivity index (χ0) is 16.6. The van der Waals surface area contributed by atoms with Crippen LogP contribution in [0.1, 0.15) is 73.5 Å². The molecule has 0 amide bonds. The molecule has 1 spiro atoms. The zero-order valence-electron chi connectivity index (χ0n) is 14.7. The van der Waals surface area contributed by atoms with Gasteiger partial charge in [0.1, 0.15) is 0 Å². The normalized spacial score (nSPS) is 25.8. The van der Waals surface area contributed by atoms with E-state index < -0.39 is 0 Å². The summed E-state index contributed by atoms with van der Waals surface area (Å²) in [6, 6.07) is 2.73. The molecule has 1 atom stereocenters. The van der Waals surface area contributed by atoms with Gasteiger partial charge < -0.3 is 4.74 Å². The number of carbonyl (C=O) groups is 1. The van der Waals surface area contributed by atoms with Crippen molar-refractivity contribution in [3.05, 3.63) is 29.1 Å². The number of rotatable bonds is 3. The van der Waals surface area contributed by atoms with Crippen molar-refractivity contribution >= 4 is 5.97 Å². The summed E-state index contributed by atoms with van der Waals surface area (Å²) >= 11 is 0. The van der Waals surface area contributed by atoms with Gasteiger partial charge in [0, 0.05) is 25.3 Å². The van der Waals surface area contributed by atoms with Crippen molar-refractivity contribution in [1.29, 1.82) is 0 Å². The summed E-state index contributed by atoms with van der Waals surface area (Å²) < 4.78 is 5.09.